The molecule has 0 radical (unpaired) electrons. The molecule has 1 aliphatic heterocycles. The fourth-order valence-electron chi connectivity index (χ4n) is 4.76. The van der Waals surface area contributed by atoms with Crippen molar-refractivity contribution >= 4 is 23.2 Å². The van der Waals surface area contributed by atoms with Crippen LogP contribution in [-0.2, 0) is 11.3 Å². The zero-order valence-corrected chi connectivity index (χ0v) is 20.6. The lowest BCUT2D eigenvalue weighted by Crippen LogP contribution is -2.50. The summed E-state index contributed by atoms with van der Waals surface area (Å²) in [6.45, 7) is 5.17. The first-order valence-electron chi connectivity index (χ1n) is 12.3. The first-order chi connectivity index (χ1) is 17.0. The van der Waals surface area contributed by atoms with E-state index in [0.29, 0.717) is 44.0 Å². The van der Waals surface area contributed by atoms with E-state index in [0.717, 1.165) is 23.2 Å². The maximum absolute atomic E-state index is 13.4. The Morgan fingerprint density at radius 2 is 1.54 bits per heavy atom. The molecule has 2 N–H and O–H groups in total. The first kappa shape index (κ1) is 24.3. The predicted octanol–water partition coefficient (Wildman–Crippen LogP) is 4.38. The SMILES string of the molecule is CCC(C(=O)N1CCN(c2ccc(N)cc2C(=O)N(C)Cc2ccccc2)CC1)c1ccccc1. The number of carbonyl (C=O) groups is 2. The van der Waals surface area contributed by atoms with Gasteiger partial charge in [-0.3, -0.25) is 9.59 Å². The van der Waals surface area contributed by atoms with Crippen LogP contribution in [0.1, 0.15) is 40.7 Å². The topological polar surface area (TPSA) is 69.9 Å². The number of nitrogens with two attached hydrogens (primary N) is 1. The lowest BCUT2D eigenvalue weighted by Gasteiger charge is -2.38. The zero-order chi connectivity index (χ0) is 24.8. The van der Waals surface area contributed by atoms with E-state index >= 15 is 0 Å². The molecule has 1 atom stereocenters. The Hall–Kier alpha value is -3.80. The minimum Gasteiger partial charge on any atom is -0.399 e. The molecule has 6 heteroatoms. The quantitative estimate of drug-likeness (QED) is 0.520. The average molecular weight is 471 g/mol. The number of amides is 2. The molecule has 0 aromatic heterocycles. The third-order valence-electron chi connectivity index (χ3n) is 6.70. The third kappa shape index (κ3) is 5.65. The van der Waals surface area contributed by atoms with Gasteiger partial charge in [0.25, 0.3) is 5.91 Å². The summed E-state index contributed by atoms with van der Waals surface area (Å²) in [6.07, 6.45) is 0.771. The molecule has 1 heterocycles. The lowest BCUT2D eigenvalue weighted by molar-refractivity contribution is -0.133. The highest BCUT2D eigenvalue weighted by atomic mass is 16.2. The van der Waals surface area contributed by atoms with Crippen LogP contribution < -0.4 is 10.6 Å². The average Bonchev–Trinajstić information content (AvgIpc) is 2.90. The van der Waals surface area contributed by atoms with Crippen molar-refractivity contribution in [3.05, 3.63) is 95.6 Å². The molecule has 0 bridgehead atoms. The van der Waals surface area contributed by atoms with Crippen molar-refractivity contribution in [2.24, 2.45) is 0 Å². The zero-order valence-electron chi connectivity index (χ0n) is 20.6. The third-order valence-corrected chi connectivity index (χ3v) is 6.70. The van der Waals surface area contributed by atoms with Crippen molar-refractivity contribution in [1.29, 1.82) is 0 Å². The lowest BCUT2D eigenvalue weighted by atomic mass is 9.94. The number of benzene rings is 3. The Kier molecular flexibility index (Phi) is 7.70. The second-order valence-corrected chi connectivity index (χ2v) is 9.11. The van der Waals surface area contributed by atoms with Gasteiger partial charge in [0.1, 0.15) is 0 Å². The molecule has 0 spiro atoms. The Labute approximate surface area is 207 Å². The van der Waals surface area contributed by atoms with Crippen molar-refractivity contribution in [3.8, 4) is 0 Å². The molecule has 4 rings (SSSR count). The minimum absolute atomic E-state index is 0.0650. The van der Waals surface area contributed by atoms with Crippen LogP contribution in [-0.4, -0.2) is 54.8 Å². The van der Waals surface area contributed by atoms with Crippen molar-refractivity contribution < 1.29 is 9.59 Å². The van der Waals surface area contributed by atoms with E-state index in [1.165, 1.54) is 0 Å². The molecule has 1 aliphatic rings. The van der Waals surface area contributed by atoms with Gasteiger partial charge >= 0.3 is 0 Å². The molecular formula is C29H34N4O2. The first-order valence-corrected chi connectivity index (χ1v) is 12.3. The summed E-state index contributed by atoms with van der Waals surface area (Å²) in [4.78, 5) is 32.6. The van der Waals surface area contributed by atoms with Gasteiger partial charge in [-0.2, -0.15) is 0 Å². The van der Waals surface area contributed by atoms with Crippen LogP contribution in [0.15, 0.2) is 78.9 Å². The van der Waals surface area contributed by atoms with E-state index in [1.807, 2.05) is 84.7 Å². The molecule has 1 saturated heterocycles. The van der Waals surface area contributed by atoms with E-state index in [4.69, 9.17) is 5.73 Å². The number of anilines is 2. The Balaban J connectivity index is 1.46. The highest BCUT2D eigenvalue weighted by Crippen LogP contribution is 2.28. The van der Waals surface area contributed by atoms with Gasteiger partial charge in [0.2, 0.25) is 5.91 Å². The highest BCUT2D eigenvalue weighted by Gasteiger charge is 2.29. The molecule has 6 nitrogen and oxygen atoms in total. The smallest absolute Gasteiger partial charge is 0.256 e. The maximum atomic E-state index is 13.4. The molecule has 35 heavy (non-hydrogen) atoms. The van der Waals surface area contributed by atoms with Crippen LogP contribution in [0, 0.1) is 0 Å². The summed E-state index contributed by atoms with van der Waals surface area (Å²) < 4.78 is 0. The number of carbonyl (C=O) groups excluding carboxylic acids is 2. The van der Waals surface area contributed by atoms with Gasteiger partial charge in [0.05, 0.1) is 11.5 Å². The molecule has 2 amide bonds. The number of hydrogen-bond donors (Lipinski definition) is 1. The van der Waals surface area contributed by atoms with Crippen LogP contribution in [0.25, 0.3) is 0 Å². The summed E-state index contributed by atoms with van der Waals surface area (Å²) >= 11 is 0. The van der Waals surface area contributed by atoms with Gasteiger partial charge in [-0.05, 0) is 35.7 Å². The highest BCUT2D eigenvalue weighted by molar-refractivity contribution is 6.00. The van der Waals surface area contributed by atoms with Gasteiger partial charge in [-0.15, -0.1) is 0 Å². The van der Waals surface area contributed by atoms with E-state index in [2.05, 4.69) is 11.8 Å². The van der Waals surface area contributed by atoms with Gasteiger partial charge < -0.3 is 20.4 Å². The number of rotatable bonds is 7. The van der Waals surface area contributed by atoms with Crippen LogP contribution in [0.4, 0.5) is 11.4 Å². The Morgan fingerprint density at radius 3 is 2.17 bits per heavy atom. The van der Waals surface area contributed by atoms with Crippen molar-refractivity contribution in [2.75, 3.05) is 43.9 Å². The summed E-state index contributed by atoms with van der Waals surface area (Å²) in [7, 11) is 1.81. The molecule has 0 aliphatic carbocycles. The molecule has 182 valence electrons. The van der Waals surface area contributed by atoms with Gasteiger partial charge in [0.15, 0.2) is 0 Å². The molecule has 0 saturated carbocycles. The molecule has 3 aromatic rings. The van der Waals surface area contributed by atoms with E-state index in [9.17, 15) is 9.59 Å². The van der Waals surface area contributed by atoms with Gasteiger partial charge in [-0.1, -0.05) is 67.6 Å². The summed E-state index contributed by atoms with van der Waals surface area (Å²) in [6, 6.07) is 25.5. The molecular weight excluding hydrogens is 436 g/mol. The van der Waals surface area contributed by atoms with Crippen molar-refractivity contribution in [1.82, 2.24) is 9.80 Å². The van der Waals surface area contributed by atoms with E-state index in [1.54, 1.807) is 11.0 Å². The van der Waals surface area contributed by atoms with Crippen molar-refractivity contribution in [3.63, 3.8) is 0 Å². The normalized spacial score (nSPS) is 14.5. The number of nitrogens with zero attached hydrogens (tertiary/aromatic N) is 3. The fraction of sp³-hybridized carbons (Fsp3) is 0.310. The predicted molar refractivity (Wildman–Crippen MR) is 141 cm³/mol. The van der Waals surface area contributed by atoms with Crippen LogP contribution in [0.5, 0.6) is 0 Å². The van der Waals surface area contributed by atoms with Crippen molar-refractivity contribution in [2.45, 2.75) is 25.8 Å². The maximum Gasteiger partial charge on any atom is 0.256 e. The monoisotopic (exact) mass is 470 g/mol. The molecule has 3 aromatic carbocycles. The van der Waals surface area contributed by atoms with Gasteiger partial charge in [-0.25, -0.2) is 0 Å². The summed E-state index contributed by atoms with van der Waals surface area (Å²) in [5.74, 6) is -0.0117. The van der Waals surface area contributed by atoms with E-state index in [-0.39, 0.29) is 17.7 Å². The fourth-order valence-corrected chi connectivity index (χ4v) is 4.76. The Morgan fingerprint density at radius 1 is 0.914 bits per heavy atom. The van der Waals surface area contributed by atoms with Crippen LogP contribution in [0.3, 0.4) is 0 Å². The number of nitrogen functional groups attached to an aromatic ring is 1. The number of piperazine rings is 1. The van der Waals surface area contributed by atoms with E-state index < -0.39 is 0 Å². The largest absolute Gasteiger partial charge is 0.399 e. The van der Waals surface area contributed by atoms with Gasteiger partial charge in [0, 0.05) is 51.1 Å². The second-order valence-electron chi connectivity index (χ2n) is 9.11. The minimum atomic E-state index is -0.122. The molecule has 1 unspecified atom stereocenters. The summed E-state index contributed by atoms with van der Waals surface area (Å²) in [5, 5.41) is 0. The standard InChI is InChI=1S/C29H34N4O2/c1-3-25(23-12-8-5-9-13-23)29(35)33-18-16-32(17-19-33)27-15-14-24(30)20-26(27)28(34)31(2)21-22-10-6-4-7-11-22/h4-15,20,25H,3,16-19,21,30H2,1-2H3. The summed E-state index contributed by atoms with van der Waals surface area (Å²) in [5.41, 5.74) is 10.2. The molecule has 1 fully saturated rings. The van der Waals surface area contributed by atoms with Crippen LogP contribution in [0.2, 0.25) is 0 Å². The Bertz CT molecular complexity index is 1140. The van der Waals surface area contributed by atoms with Crippen LogP contribution >= 0.6 is 0 Å². The number of hydrogen-bond acceptors (Lipinski definition) is 4. The second kappa shape index (κ2) is 11.1.